The molecule has 1 aliphatic heterocycles. The minimum absolute atomic E-state index is 0.0696. The molecule has 1 heterocycles. The highest BCUT2D eigenvalue weighted by Crippen LogP contribution is 2.36. The number of halogens is 4. The van der Waals surface area contributed by atoms with Crippen molar-refractivity contribution in [3.8, 4) is 0 Å². The number of fused-ring (bicyclic) bond motifs is 1. The summed E-state index contributed by atoms with van der Waals surface area (Å²) in [6.45, 7) is -0.222. The van der Waals surface area contributed by atoms with Crippen molar-refractivity contribution in [3.63, 3.8) is 0 Å². The molecule has 1 N–H and O–H groups in total. The second-order valence-corrected chi connectivity index (χ2v) is 8.35. The third-order valence-corrected chi connectivity index (χ3v) is 5.75. The molecule has 0 aromatic heterocycles. The van der Waals surface area contributed by atoms with Crippen molar-refractivity contribution < 1.29 is 32.3 Å². The Kier molecular flexibility index (Phi) is 7.83. The van der Waals surface area contributed by atoms with Gasteiger partial charge in [0.2, 0.25) is 11.8 Å². The molecule has 0 saturated carbocycles. The van der Waals surface area contributed by atoms with Crippen molar-refractivity contribution in [1.82, 2.24) is 9.80 Å². The van der Waals surface area contributed by atoms with E-state index in [1.807, 2.05) is 24.3 Å². The van der Waals surface area contributed by atoms with Gasteiger partial charge < -0.3 is 15.0 Å². The number of hydrogen-bond donors (Lipinski definition) is 1. The molecule has 1 atom stereocenters. The highest BCUT2D eigenvalue weighted by Gasteiger charge is 2.36. The van der Waals surface area contributed by atoms with Crippen molar-refractivity contribution in [2.75, 3.05) is 32.6 Å². The number of ether oxygens (including phenoxy) is 1. The standard InChI is InChI=1S/C23H23ClF3N3O4/c1-29(12-20(31)28-16-7-8-18(24)17(10-16)23(25,26)27)13-21(32)30-11-15-6-4-3-5-14(15)9-19(30)22(33)34-2/h3-8,10,19H,9,11-13H2,1-2H3,(H,28,31)/t19-/m1/s1. The number of esters is 1. The maximum absolute atomic E-state index is 13.0. The molecule has 0 bridgehead atoms. The predicted molar refractivity (Wildman–Crippen MR) is 119 cm³/mol. The first-order chi connectivity index (χ1) is 16.0. The van der Waals surface area contributed by atoms with Crippen molar-refractivity contribution >= 4 is 35.1 Å². The quantitative estimate of drug-likeness (QED) is 0.619. The fraction of sp³-hybridized carbons (Fsp3) is 0.348. The summed E-state index contributed by atoms with van der Waals surface area (Å²) in [5.41, 5.74) is 0.741. The zero-order valence-electron chi connectivity index (χ0n) is 18.5. The molecule has 0 fully saturated rings. The molecule has 2 aromatic carbocycles. The van der Waals surface area contributed by atoms with Gasteiger partial charge in [0.15, 0.2) is 0 Å². The topological polar surface area (TPSA) is 79.0 Å². The molecule has 34 heavy (non-hydrogen) atoms. The summed E-state index contributed by atoms with van der Waals surface area (Å²) < 4.78 is 43.9. The predicted octanol–water partition coefficient (Wildman–Crippen LogP) is 3.36. The fourth-order valence-electron chi connectivity index (χ4n) is 3.78. The van der Waals surface area contributed by atoms with E-state index in [4.69, 9.17) is 16.3 Å². The minimum atomic E-state index is -4.66. The number of methoxy groups -OCH3 is 1. The van der Waals surface area contributed by atoms with E-state index in [1.54, 1.807) is 0 Å². The molecule has 0 radical (unpaired) electrons. The van der Waals surface area contributed by atoms with Crippen molar-refractivity contribution in [2.24, 2.45) is 0 Å². The number of carbonyl (C=O) groups excluding carboxylic acids is 3. The van der Waals surface area contributed by atoms with Gasteiger partial charge >= 0.3 is 12.1 Å². The highest BCUT2D eigenvalue weighted by molar-refractivity contribution is 6.31. The van der Waals surface area contributed by atoms with Gasteiger partial charge in [-0.3, -0.25) is 14.5 Å². The molecule has 0 aliphatic carbocycles. The van der Waals surface area contributed by atoms with E-state index in [2.05, 4.69) is 5.32 Å². The average molecular weight is 498 g/mol. The van der Waals surface area contributed by atoms with Gasteiger partial charge in [-0.05, 0) is 36.4 Å². The van der Waals surface area contributed by atoms with E-state index in [1.165, 1.54) is 30.0 Å². The molecular formula is C23H23ClF3N3O4. The van der Waals surface area contributed by atoms with Crippen LogP contribution in [0.25, 0.3) is 0 Å². The van der Waals surface area contributed by atoms with Gasteiger partial charge in [0.25, 0.3) is 0 Å². The van der Waals surface area contributed by atoms with Gasteiger partial charge in [-0.25, -0.2) is 4.79 Å². The molecule has 2 aromatic rings. The summed E-state index contributed by atoms with van der Waals surface area (Å²) >= 11 is 5.59. The number of alkyl halides is 3. The number of rotatable bonds is 6. The lowest BCUT2D eigenvalue weighted by atomic mass is 9.94. The summed E-state index contributed by atoms with van der Waals surface area (Å²) in [6, 6.07) is 9.74. The summed E-state index contributed by atoms with van der Waals surface area (Å²) in [5.74, 6) is -1.53. The number of hydrogen-bond acceptors (Lipinski definition) is 5. The molecule has 0 spiro atoms. The van der Waals surface area contributed by atoms with Gasteiger partial charge in [-0.15, -0.1) is 0 Å². The molecular weight excluding hydrogens is 475 g/mol. The fourth-order valence-corrected chi connectivity index (χ4v) is 4.00. The van der Waals surface area contributed by atoms with Crippen molar-refractivity contribution in [2.45, 2.75) is 25.2 Å². The van der Waals surface area contributed by atoms with Gasteiger partial charge in [-0.2, -0.15) is 13.2 Å². The SMILES string of the molecule is COC(=O)[C@H]1Cc2ccccc2CN1C(=O)CN(C)CC(=O)Nc1ccc(Cl)c(C(F)(F)F)c1. The van der Waals surface area contributed by atoms with Crippen molar-refractivity contribution in [1.29, 1.82) is 0 Å². The van der Waals surface area contributed by atoms with Crippen LogP contribution >= 0.6 is 11.6 Å². The zero-order chi connectivity index (χ0) is 25.0. The number of amides is 2. The molecule has 7 nitrogen and oxygen atoms in total. The van der Waals surface area contributed by atoms with E-state index in [9.17, 15) is 27.6 Å². The second kappa shape index (κ2) is 10.4. The van der Waals surface area contributed by atoms with E-state index in [-0.39, 0.29) is 31.2 Å². The summed E-state index contributed by atoms with van der Waals surface area (Å²) in [5, 5.41) is 1.90. The third-order valence-electron chi connectivity index (χ3n) is 5.42. The first kappa shape index (κ1) is 25.5. The van der Waals surface area contributed by atoms with Crippen molar-refractivity contribution in [3.05, 3.63) is 64.2 Å². The Balaban J connectivity index is 1.64. The Morgan fingerprint density at radius 1 is 1.15 bits per heavy atom. The van der Waals surface area contributed by atoms with E-state index in [0.29, 0.717) is 6.42 Å². The maximum atomic E-state index is 13.0. The lowest BCUT2D eigenvalue weighted by Gasteiger charge is -2.36. The number of anilines is 1. The Bertz CT molecular complexity index is 1090. The maximum Gasteiger partial charge on any atom is 0.417 e. The summed E-state index contributed by atoms with van der Waals surface area (Å²) in [4.78, 5) is 40.5. The van der Waals surface area contributed by atoms with Crippen LogP contribution in [0.5, 0.6) is 0 Å². The van der Waals surface area contributed by atoms with Gasteiger partial charge in [-0.1, -0.05) is 35.9 Å². The third kappa shape index (κ3) is 6.06. The van der Waals surface area contributed by atoms with E-state index < -0.39 is 34.7 Å². The van der Waals surface area contributed by atoms with Gasteiger partial charge in [0.05, 0.1) is 30.8 Å². The highest BCUT2D eigenvalue weighted by atomic mass is 35.5. The molecule has 0 unspecified atom stereocenters. The largest absolute Gasteiger partial charge is 0.467 e. The minimum Gasteiger partial charge on any atom is -0.467 e. The number of nitrogens with zero attached hydrogens (tertiary/aromatic N) is 2. The van der Waals surface area contributed by atoms with Crippen LogP contribution in [0.4, 0.5) is 18.9 Å². The normalized spacial score (nSPS) is 15.6. The average Bonchev–Trinajstić information content (AvgIpc) is 2.77. The number of likely N-dealkylation sites (N-methyl/N-ethyl adjacent to an activating group) is 1. The smallest absolute Gasteiger partial charge is 0.417 e. The van der Waals surface area contributed by atoms with Gasteiger partial charge in [0.1, 0.15) is 6.04 Å². The lowest BCUT2D eigenvalue weighted by Crippen LogP contribution is -2.52. The summed E-state index contributed by atoms with van der Waals surface area (Å²) in [6.07, 6.45) is -4.35. The van der Waals surface area contributed by atoms with Gasteiger partial charge in [0, 0.05) is 18.7 Å². The van der Waals surface area contributed by atoms with Crippen LogP contribution in [-0.2, 0) is 38.3 Å². The first-order valence-corrected chi connectivity index (χ1v) is 10.7. The number of nitrogens with one attached hydrogen (secondary N) is 1. The first-order valence-electron chi connectivity index (χ1n) is 10.3. The van der Waals surface area contributed by atoms with Crippen LogP contribution in [0.1, 0.15) is 16.7 Å². The molecule has 3 rings (SSSR count). The lowest BCUT2D eigenvalue weighted by molar-refractivity contribution is -0.154. The van der Waals surface area contributed by atoms with Crippen LogP contribution in [-0.4, -0.2) is 60.9 Å². The molecule has 2 amide bonds. The van der Waals surface area contributed by atoms with Crippen LogP contribution < -0.4 is 5.32 Å². The molecule has 11 heteroatoms. The zero-order valence-corrected chi connectivity index (χ0v) is 19.2. The number of carbonyl (C=O) groups is 3. The Hall–Kier alpha value is -3.11. The van der Waals surface area contributed by atoms with E-state index >= 15 is 0 Å². The van der Waals surface area contributed by atoms with Crippen LogP contribution in [0.3, 0.4) is 0 Å². The Labute approximate surface area is 199 Å². The summed E-state index contributed by atoms with van der Waals surface area (Å²) in [7, 11) is 2.77. The van der Waals surface area contributed by atoms with Crippen LogP contribution in [0.2, 0.25) is 5.02 Å². The second-order valence-electron chi connectivity index (χ2n) is 7.95. The van der Waals surface area contributed by atoms with E-state index in [0.717, 1.165) is 23.3 Å². The Morgan fingerprint density at radius 3 is 2.47 bits per heavy atom. The van der Waals surface area contributed by atoms with Crippen LogP contribution in [0.15, 0.2) is 42.5 Å². The monoisotopic (exact) mass is 497 g/mol. The van der Waals surface area contributed by atoms with Crippen LogP contribution in [0, 0.1) is 0 Å². The Morgan fingerprint density at radius 2 is 1.82 bits per heavy atom. The molecule has 0 saturated heterocycles. The molecule has 182 valence electrons. The molecule has 1 aliphatic rings. The number of benzene rings is 2.